The van der Waals surface area contributed by atoms with Crippen LogP contribution in [0.3, 0.4) is 0 Å². The molecule has 0 saturated carbocycles. The number of ether oxygens (including phenoxy) is 2. The van der Waals surface area contributed by atoms with E-state index in [0.29, 0.717) is 16.8 Å². The Kier molecular flexibility index (Phi) is 7.07. The molecule has 4 rings (SSSR count). The molecule has 1 aromatic carbocycles. The van der Waals surface area contributed by atoms with Crippen molar-refractivity contribution < 1.29 is 50.3 Å². The summed E-state index contributed by atoms with van der Waals surface area (Å²) >= 11 is 0. The number of hydrogen-bond acceptors (Lipinski definition) is 12. The molecule has 2 aromatic rings. The van der Waals surface area contributed by atoms with Crippen LogP contribution < -0.4 is 0 Å². The van der Waals surface area contributed by atoms with Gasteiger partial charge in [-0.1, -0.05) is 29.5 Å². The van der Waals surface area contributed by atoms with Gasteiger partial charge in [0.1, 0.15) is 60.6 Å². The first-order chi connectivity index (χ1) is 15.8. The van der Waals surface area contributed by atoms with Crippen molar-refractivity contribution in [3.63, 3.8) is 0 Å². The standard InChI is InChI=1S/C20H27N3O10/c24-6-11-13(26)15(28)17(30)19(32-11)9-3-1-8(2-4-9)10-5-23(22-21-10)20-18(31)16(29)14(27)12(7-25)33-20/h1-5,11-20,24-31H,6-7H2/t11-,12-,13-,14-,15+,16+,17+,18+,19-,20?/m1/s1. The Balaban J connectivity index is 1.52. The zero-order valence-electron chi connectivity index (χ0n) is 17.3. The van der Waals surface area contributed by atoms with Crippen molar-refractivity contribution >= 4 is 0 Å². The SMILES string of the molecule is OC[C@H]1O[C@H](c2ccc(-c3cn(C4O[C@H](CO)[C@@H](O)[C@H](O)[C@@H]4O)nn3)cc2)[C@@H](O)[C@@H](O)[C@@H]1O. The van der Waals surface area contributed by atoms with Gasteiger partial charge in [-0.15, -0.1) is 5.10 Å². The predicted octanol–water partition coefficient (Wildman–Crippen LogP) is -3.57. The third-order valence-corrected chi connectivity index (χ3v) is 6.07. The molecule has 0 aliphatic carbocycles. The fraction of sp³-hybridized carbons (Fsp3) is 0.600. The lowest BCUT2D eigenvalue weighted by Crippen LogP contribution is -2.56. The van der Waals surface area contributed by atoms with Crippen LogP contribution in [0.2, 0.25) is 0 Å². The molecule has 3 heterocycles. The van der Waals surface area contributed by atoms with Crippen LogP contribution in [0.5, 0.6) is 0 Å². The number of aliphatic hydroxyl groups is 8. The van der Waals surface area contributed by atoms with Gasteiger partial charge in [0.2, 0.25) is 0 Å². The summed E-state index contributed by atoms with van der Waals surface area (Å²) < 4.78 is 12.2. The molecular weight excluding hydrogens is 442 g/mol. The van der Waals surface area contributed by atoms with Gasteiger partial charge in [0, 0.05) is 5.56 Å². The molecule has 2 aliphatic rings. The van der Waals surface area contributed by atoms with E-state index in [0.717, 1.165) is 0 Å². The van der Waals surface area contributed by atoms with Gasteiger partial charge < -0.3 is 50.3 Å². The van der Waals surface area contributed by atoms with E-state index in [1.54, 1.807) is 24.3 Å². The highest BCUT2D eigenvalue weighted by molar-refractivity contribution is 5.58. The highest BCUT2D eigenvalue weighted by Crippen LogP contribution is 2.34. The van der Waals surface area contributed by atoms with Gasteiger partial charge in [-0.3, -0.25) is 0 Å². The second kappa shape index (κ2) is 9.68. The van der Waals surface area contributed by atoms with Crippen molar-refractivity contribution in [3.8, 4) is 11.3 Å². The third kappa shape index (κ3) is 4.40. The highest BCUT2D eigenvalue weighted by atomic mass is 16.6. The summed E-state index contributed by atoms with van der Waals surface area (Å²) in [6, 6.07) is 6.54. The van der Waals surface area contributed by atoms with Crippen LogP contribution in [0, 0.1) is 0 Å². The Morgan fingerprint density at radius 2 is 1.30 bits per heavy atom. The molecule has 1 aromatic heterocycles. The molecule has 2 saturated heterocycles. The van der Waals surface area contributed by atoms with Gasteiger partial charge >= 0.3 is 0 Å². The van der Waals surface area contributed by atoms with Crippen molar-refractivity contribution in [2.24, 2.45) is 0 Å². The van der Waals surface area contributed by atoms with E-state index in [1.807, 2.05) is 0 Å². The first kappa shape index (κ1) is 24.1. The predicted molar refractivity (Wildman–Crippen MR) is 107 cm³/mol. The maximum atomic E-state index is 10.3. The van der Waals surface area contributed by atoms with Crippen molar-refractivity contribution in [1.82, 2.24) is 15.0 Å². The summed E-state index contributed by atoms with van der Waals surface area (Å²) in [6.07, 6.45) is -11.7. The summed E-state index contributed by atoms with van der Waals surface area (Å²) in [4.78, 5) is 0. The Hall–Kier alpha value is -2.04. The molecule has 33 heavy (non-hydrogen) atoms. The van der Waals surface area contributed by atoms with Crippen LogP contribution >= 0.6 is 0 Å². The quantitative estimate of drug-likeness (QED) is 0.214. The van der Waals surface area contributed by atoms with Crippen LogP contribution in [0.4, 0.5) is 0 Å². The van der Waals surface area contributed by atoms with E-state index in [9.17, 15) is 40.9 Å². The second-order valence-electron chi connectivity index (χ2n) is 8.17. The van der Waals surface area contributed by atoms with Gasteiger partial charge in [-0.25, -0.2) is 4.68 Å². The molecule has 1 unspecified atom stereocenters. The number of benzene rings is 1. The average Bonchev–Trinajstić information content (AvgIpc) is 3.32. The Morgan fingerprint density at radius 3 is 1.91 bits per heavy atom. The molecule has 10 atom stereocenters. The number of rotatable bonds is 5. The molecule has 2 aliphatic heterocycles. The largest absolute Gasteiger partial charge is 0.394 e. The number of hydrogen-bond donors (Lipinski definition) is 8. The van der Waals surface area contributed by atoms with Gasteiger partial charge in [-0.2, -0.15) is 0 Å². The van der Waals surface area contributed by atoms with E-state index >= 15 is 0 Å². The molecule has 2 fully saturated rings. The Morgan fingerprint density at radius 1 is 0.727 bits per heavy atom. The minimum Gasteiger partial charge on any atom is -0.394 e. The lowest BCUT2D eigenvalue weighted by atomic mass is 9.91. The second-order valence-corrected chi connectivity index (χ2v) is 8.17. The topological polar surface area (TPSA) is 211 Å². The maximum absolute atomic E-state index is 10.3. The van der Waals surface area contributed by atoms with Crippen molar-refractivity contribution in [3.05, 3.63) is 36.0 Å². The molecule has 0 amide bonds. The minimum atomic E-state index is -1.55. The number of nitrogens with zero attached hydrogens (tertiary/aromatic N) is 3. The summed E-state index contributed by atoms with van der Waals surface area (Å²) in [7, 11) is 0. The van der Waals surface area contributed by atoms with Crippen LogP contribution in [0.1, 0.15) is 17.9 Å². The zero-order valence-corrected chi connectivity index (χ0v) is 17.3. The lowest BCUT2D eigenvalue weighted by molar-refractivity contribution is -0.254. The fourth-order valence-corrected chi connectivity index (χ4v) is 4.05. The molecular formula is C20H27N3O10. The summed E-state index contributed by atoms with van der Waals surface area (Å²) in [5, 5.41) is 86.9. The molecule has 182 valence electrons. The van der Waals surface area contributed by atoms with Crippen molar-refractivity contribution in [1.29, 1.82) is 0 Å². The van der Waals surface area contributed by atoms with Gasteiger partial charge in [0.15, 0.2) is 6.23 Å². The van der Waals surface area contributed by atoms with E-state index in [-0.39, 0.29) is 0 Å². The molecule has 8 N–H and O–H groups in total. The minimum absolute atomic E-state index is 0.382. The maximum Gasteiger partial charge on any atom is 0.180 e. The van der Waals surface area contributed by atoms with E-state index in [2.05, 4.69) is 10.3 Å². The molecule has 13 nitrogen and oxygen atoms in total. The Bertz CT molecular complexity index is 923. The first-order valence-electron chi connectivity index (χ1n) is 10.4. The summed E-state index contributed by atoms with van der Waals surface area (Å²) in [5.41, 5.74) is 1.48. The molecule has 0 spiro atoms. The smallest absolute Gasteiger partial charge is 0.180 e. The van der Waals surface area contributed by atoms with Crippen molar-refractivity contribution in [2.75, 3.05) is 13.2 Å². The monoisotopic (exact) mass is 469 g/mol. The van der Waals surface area contributed by atoms with E-state index in [4.69, 9.17) is 9.47 Å². The van der Waals surface area contributed by atoms with Crippen LogP contribution in [0.25, 0.3) is 11.3 Å². The van der Waals surface area contributed by atoms with Crippen molar-refractivity contribution in [2.45, 2.75) is 61.2 Å². The Labute approximate surface area is 187 Å². The third-order valence-electron chi connectivity index (χ3n) is 6.07. The average molecular weight is 469 g/mol. The van der Waals surface area contributed by atoms with Crippen LogP contribution in [0.15, 0.2) is 30.5 Å². The molecule has 13 heteroatoms. The number of aliphatic hydroxyl groups excluding tert-OH is 8. The molecule has 0 bridgehead atoms. The normalized spacial score (nSPS) is 39.5. The van der Waals surface area contributed by atoms with E-state index < -0.39 is 74.4 Å². The van der Waals surface area contributed by atoms with Crippen LogP contribution in [-0.2, 0) is 9.47 Å². The zero-order chi connectivity index (χ0) is 23.9. The van der Waals surface area contributed by atoms with Gasteiger partial charge in [-0.05, 0) is 5.56 Å². The van der Waals surface area contributed by atoms with Gasteiger partial charge in [0.25, 0.3) is 0 Å². The molecule has 0 radical (unpaired) electrons. The summed E-state index contributed by atoms with van der Waals surface area (Å²) in [6.45, 7) is -1.09. The summed E-state index contributed by atoms with van der Waals surface area (Å²) in [5.74, 6) is 0. The fourth-order valence-electron chi connectivity index (χ4n) is 4.05. The van der Waals surface area contributed by atoms with E-state index in [1.165, 1.54) is 10.9 Å². The van der Waals surface area contributed by atoms with Crippen LogP contribution in [-0.4, -0.2) is 118 Å². The van der Waals surface area contributed by atoms with Gasteiger partial charge in [0.05, 0.1) is 19.4 Å². The highest BCUT2D eigenvalue weighted by Gasteiger charge is 2.45. The first-order valence-corrected chi connectivity index (χ1v) is 10.4. The lowest BCUT2D eigenvalue weighted by Gasteiger charge is -2.40. The number of aromatic nitrogens is 3.